The Kier molecular flexibility index (Phi) is 13.1. The quantitative estimate of drug-likeness (QED) is 0.589. The minimum atomic E-state index is -0.422. The lowest BCUT2D eigenvalue weighted by atomic mass is 10.2. The summed E-state index contributed by atoms with van der Waals surface area (Å²) in [5.41, 5.74) is 0.707. The van der Waals surface area contributed by atoms with Crippen LogP contribution in [0.5, 0.6) is 5.75 Å². The van der Waals surface area contributed by atoms with Gasteiger partial charge >= 0.3 is 6.09 Å². The Hall–Kier alpha value is -1.46. The van der Waals surface area contributed by atoms with Crippen molar-refractivity contribution in [2.45, 2.75) is 40.0 Å². The number of hydrogen-bond acceptors (Lipinski definition) is 4. The van der Waals surface area contributed by atoms with Crippen molar-refractivity contribution in [1.29, 1.82) is 0 Å². The molecule has 0 spiro atoms. The number of hydrogen-bond donors (Lipinski definition) is 1. The molecule has 0 aliphatic heterocycles. The second kappa shape index (κ2) is 13.9. The normalized spacial score (nSPS) is 10.2. The maximum Gasteiger partial charge on any atom is 0.411 e. The smallest absolute Gasteiger partial charge is 0.411 e. The molecule has 0 atom stereocenters. The molecule has 6 heteroatoms. The summed E-state index contributed by atoms with van der Waals surface area (Å²) in [6, 6.07) is 7.36. The zero-order chi connectivity index (χ0) is 16.9. The van der Waals surface area contributed by atoms with Crippen molar-refractivity contribution in [3.8, 4) is 5.75 Å². The Bertz CT molecular complexity index is 436. The number of nitrogens with zero attached hydrogens (tertiary/aromatic N) is 1. The number of halogens is 1. The van der Waals surface area contributed by atoms with Crippen LogP contribution in [0.25, 0.3) is 0 Å². The zero-order valence-electron chi connectivity index (χ0n) is 15.0. The number of rotatable bonds is 11. The molecule has 0 unspecified atom stereocenters. The van der Waals surface area contributed by atoms with Crippen molar-refractivity contribution < 1.29 is 14.3 Å². The molecule has 0 saturated carbocycles. The molecule has 24 heavy (non-hydrogen) atoms. The van der Waals surface area contributed by atoms with Gasteiger partial charge in [-0.05, 0) is 43.8 Å². The second-order valence-electron chi connectivity index (χ2n) is 5.37. The fourth-order valence-corrected chi connectivity index (χ4v) is 2.14. The first-order valence-electron chi connectivity index (χ1n) is 8.58. The molecule has 5 nitrogen and oxygen atoms in total. The largest absolute Gasteiger partial charge is 0.494 e. The van der Waals surface area contributed by atoms with Gasteiger partial charge in [0.1, 0.15) is 12.4 Å². The van der Waals surface area contributed by atoms with Crippen LogP contribution in [-0.4, -0.2) is 43.8 Å². The second-order valence-corrected chi connectivity index (χ2v) is 5.37. The fraction of sp³-hybridized carbons (Fsp3) is 0.611. The van der Waals surface area contributed by atoms with E-state index >= 15 is 0 Å². The Labute approximate surface area is 152 Å². The standard InChI is InChI=1S/C18H30N2O3.ClH/c1-4-7-8-14-22-17-11-9-16(10-12-17)19-18(21)23-15-13-20(5-2)6-3;/h9-12H,4-8,13-15H2,1-3H3,(H,19,21);1H. The average Bonchev–Trinajstić information content (AvgIpc) is 2.57. The fourth-order valence-electron chi connectivity index (χ4n) is 2.14. The van der Waals surface area contributed by atoms with Crippen molar-refractivity contribution in [2.75, 3.05) is 38.2 Å². The summed E-state index contributed by atoms with van der Waals surface area (Å²) >= 11 is 0. The van der Waals surface area contributed by atoms with Gasteiger partial charge in [0.2, 0.25) is 0 Å². The van der Waals surface area contributed by atoms with Gasteiger partial charge < -0.3 is 14.4 Å². The molecule has 1 amide bonds. The molecule has 1 aromatic rings. The lowest BCUT2D eigenvalue weighted by molar-refractivity contribution is 0.142. The SMILES string of the molecule is CCCCCOc1ccc(NC(=O)OCCN(CC)CC)cc1.Cl. The van der Waals surface area contributed by atoms with Gasteiger partial charge in [0.15, 0.2) is 0 Å². The number of likely N-dealkylation sites (N-methyl/N-ethyl adjacent to an activating group) is 1. The van der Waals surface area contributed by atoms with E-state index in [0.29, 0.717) is 12.3 Å². The monoisotopic (exact) mass is 358 g/mol. The summed E-state index contributed by atoms with van der Waals surface area (Å²) in [4.78, 5) is 13.9. The molecule has 1 rings (SSSR count). The minimum absolute atomic E-state index is 0. The first-order chi connectivity index (χ1) is 11.2. The number of unbranched alkanes of at least 4 members (excludes halogenated alkanes) is 2. The van der Waals surface area contributed by atoms with Gasteiger partial charge in [0.05, 0.1) is 6.61 Å². The number of carbonyl (C=O) groups is 1. The highest BCUT2D eigenvalue weighted by Crippen LogP contribution is 2.16. The summed E-state index contributed by atoms with van der Waals surface area (Å²) in [6.07, 6.45) is 3.01. The number of benzene rings is 1. The Balaban J connectivity index is 0.00000529. The van der Waals surface area contributed by atoms with Gasteiger partial charge in [-0.1, -0.05) is 33.6 Å². The predicted molar refractivity (Wildman–Crippen MR) is 101 cm³/mol. The average molecular weight is 359 g/mol. The zero-order valence-corrected chi connectivity index (χ0v) is 15.9. The number of ether oxygens (including phenoxy) is 2. The third kappa shape index (κ3) is 9.63. The number of nitrogens with one attached hydrogen (secondary N) is 1. The molecular formula is C18H31ClN2O3. The summed E-state index contributed by atoms with van der Waals surface area (Å²) in [6.45, 7) is 10.2. The molecule has 1 N–H and O–H groups in total. The van der Waals surface area contributed by atoms with Crippen molar-refractivity contribution >= 4 is 24.2 Å². The maximum absolute atomic E-state index is 11.7. The minimum Gasteiger partial charge on any atom is -0.494 e. The molecular weight excluding hydrogens is 328 g/mol. The van der Waals surface area contributed by atoms with E-state index in [1.54, 1.807) is 0 Å². The number of carbonyl (C=O) groups excluding carboxylic acids is 1. The highest BCUT2D eigenvalue weighted by molar-refractivity contribution is 5.85. The Morgan fingerprint density at radius 1 is 1.04 bits per heavy atom. The van der Waals surface area contributed by atoms with Crippen LogP contribution in [0.4, 0.5) is 10.5 Å². The third-order valence-electron chi connectivity index (χ3n) is 3.65. The predicted octanol–water partition coefficient (Wildman–Crippen LogP) is 4.57. The van der Waals surface area contributed by atoms with E-state index in [9.17, 15) is 4.79 Å². The van der Waals surface area contributed by atoms with Crippen LogP contribution in [0.2, 0.25) is 0 Å². The Morgan fingerprint density at radius 2 is 1.71 bits per heavy atom. The van der Waals surface area contributed by atoms with Gasteiger partial charge in [-0.3, -0.25) is 5.32 Å². The van der Waals surface area contributed by atoms with Gasteiger partial charge in [-0.25, -0.2) is 4.79 Å². The molecule has 0 fully saturated rings. The highest BCUT2D eigenvalue weighted by atomic mass is 35.5. The van der Waals surface area contributed by atoms with Crippen LogP contribution in [-0.2, 0) is 4.74 Å². The van der Waals surface area contributed by atoms with Gasteiger partial charge in [-0.15, -0.1) is 12.4 Å². The van der Waals surface area contributed by atoms with Crippen molar-refractivity contribution in [3.05, 3.63) is 24.3 Å². The van der Waals surface area contributed by atoms with Crippen LogP contribution in [0, 0.1) is 0 Å². The van der Waals surface area contributed by atoms with Crippen molar-refractivity contribution in [2.24, 2.45) is 0 Å². The molecule has 1 aromatic carbocycles. The summed E-state index contributed by atoms with van der Waals surface area (Å²) < 4.78 is 10.8. The van der Waals surface area contributed by atoms with Gasteiger partial charge in [0.25, 0.3) is 0 Å². The number of amides is 1. The molecule has 0 saturated heterocycles. The molecule has 138 valence electrons. The van der Waals surface area contributed by atoms with E-state index in [4.69, 9.17) is 9.47 Å². The van der Waals surface area contributed by atoms with Crippen molar-refractivity contribution in [1.82, 2.24) is 4.90 Å². The lowest BCUT2D eigenvalue weighted by Crippen LogP contribution is -2.28. The molecule has 0 aliphatic carbocycles. The first kappa shape index (κ1) is 22.5. The van der Waals surface area contributed by atoms with E-state index in [1.807, 2.05) is 24.3 Å². The molecule has 0 aliphatic rings. The topological polar surface area (TPSA) is 50.8 Å². The third-order valence-corrected chi connectivity index (χ3v) is 3.65. The molecule has 0 bridgehead atoms. The van der Waals surface area contributed by atoms with E-state index in [1.165, 1.54) is 12.8 Å². The van der Waals surface area contributed by atoms with E-state index in [0.717, 1.165) is 38.4 Å². The van der Waals surface area contributed by atoms with Crippen molar-refractivity contribution in [3.63, 3.8) is 0 Å². The molecule has 0 radical (unpaired) electrons. The van der Waals surface area contributed by atoms with E-state index < -0.39 is 6.09 Å². The van der Waals surface area contributed by atoms with Gasteiger partial charge in [0, 0.05) is 12.2 Å². The van der Waals surface area contributed by atoms with E-state index in [2.05, 4.69) is 31.0 Å². The highest BCUT2D eigenvalue weighted by Gasteiger charge is 2.05. The van der Waals surface area contributed by atoms with Crippen LogP contribution in [0.3, 0.4) is 0 Å². The summed E-state index contributed by atoms with van der Waals surface area (Å²) in [5, 5.41) is 2.72. The van der Waals surface area contributed by atoms with E-state index in [-0.39, 0.29) is 12.4 Å². The van der Waals surface area contributed by atoms with Crippen LogP contribution < -0.4 is 10.1 Å². The number of anilines is 1. The van der Waals surface area contributed by atoms with Crippen LogP contribution in [0.1, 0.15) is 40.0 Å². The van der Waals surface area contributed by atoms with Gasteiger partial charge in [-0.2, -0.15) is 0 Å². The summed E-state index contributed by atoms with van der Waals surface area (Å²) in [5.74, 6) is 0.821. The molecule has 0 aromatic heterocycles. The maximum atomic E-state index is 11.7. The lowest BCUT2D eigenvalue weighted by Gasteiger charge is -2.17. The summed E-state index contributed by atoms with van der Waals surface area (Å²) in [7, 11) is 0. The Morgan fingerprint density at radius 3 is 2.29 bits per heavy atom. The van der Waals surface area contributed by atoms with Crippen LogP contribution >= 0.6 is 12.4 Å². The first-order valence-corrected chi connectivity index (χ1v) is 8.58. The molecule has 0 heterocycles. The van der Waals surface area contributed by atoms with Crippen LogP contribution in [0.15, 0.2) is 24.3 Å².